The summed E-state index contributed by atoms with van der Waals surface area (Å²) in [6.45, 7) is 0.502. The zero-order valence-electron chi connectivity index (χ0n) is 9.52. The molecule has 0 saturated heterocycles. The van der Waals surface area contributed by atoms with Gasteiger partial charge in [-0.1, -0.05) is 12.1 Å². The standard InChI is InChI=1S/C13H12FNO2S/c14-11-5-1-4-10(13(16)17)12(11)15-7-6-9-3-2-8-18-9/h1-5,8,15H,6-7H2,(H,16,17). The molecule has 0 aliphatic heterocycles. The van der Waals surface area contributed by atoms with Crippen LogP contribution >= 0.6 is 11.3 Å². The number of aromatic carboxylic acids is 1. The summed E-state index contributed by atoms with van der Waals surface area (Å²) in [7, 11) is 0. The molecule has 3 nitrogen and oxygen atoms in total. The number of rotatable bonds is 5. The van der Waals surface area contributed by atoms with Gasteiger partial charge in [-0.15, -0.1) is 11.3 Å². The maximum Gasteiger partial charge on any atom is 0.337 e. The summed E-state index contributed by atoms with van der Waals surface area (Å²) >= 11 is 1.62. The fourth-order valence-electron chi connectivity index (χ4n) is 1.65. The molecule has 2 rings (SSSR count). The van der Waals surface area contributed by atoms with Crippen LogP contribution in [0.3, 0.4) is 0 Å². The summed E-state index contributed by atoms with van der Waals surface area (Å²) in [5.74, 6) is -1.67. The lowest BCUT2D eigenvalue weighted by atomic mass is 10.1. The van der Waals surface area contributed by atoms with Crippen LogP contribution in [0.2, 0.25) is 0 Å². The first-order valence-corrected chi connectivity index (χ1v) is 6.34. The summed E-state index contributed by atoms with van der Waals surface area (Å²) in [5.41, 5.74) is 0.0164. The predicted octanol–water partition coefficient (Wildman–Crippen LogP) is 3.24. The summed E-state index contributed by atoms with van der Waals surface area (Å²) in [4.78, 5) is 12.1. The summed E-state index contributed by atoms with van der Waals surface area (Å²) in [6, 6.07) is 7.97. The van der Waals surface area contributed by atoms with Gasteiger partial charge in [0.25, 0.3) is 0 Å². The highest BCUT2D eigenvalue weighted by Crippen LogP contribution is 2.20. The first-order valence-electron chi connectivity index (χ1n) is 5.46. The van der Waals surface area contributed by atoms with E-state index in [1.165, 1.54) is 23.1 Å². The highest BCUT2D eigenvalue weighted by atomic mass is 32.1. The van der Waals surface area contributed by atoms with E-state index in [0.29, 0.717) is 6.54 Å². The van der Waals surface area contributed by atoms with Crippen LogP contribution in [0.1, 0.15) is 15.2 Å². The summed E-state index contributed by atoms with van der Waals surface area (Å²) in [6.07, 6.45) is 0.741. The van der Waals surface area contributed by atoms with E-state index in [-0.39, 0.29) is 11.3 Å². The third-order valence-electron chi connectivity index (χ3n) is 2.50. The van der Waals surface area contributed by atoms with Gasteiger partial charge in [-0.2, -0.15) is 0 Å². The molecule has 0 aliphatic carbocycles. The van der Waals surface area contributed by atoms with Gasteiger partial charge in [0.1, 0.15) is 5.82 Å². The number of carbonyl (C=O) groups is 1. The molecular weight excluding hydrogens is 253 g/mol. The minimum absolute atomic E-state index is 0.0406. The second-order valence-corrected chi connectivity index (χ2v) is 4.76. The van der Waals surface area contributed by atoms with Crippen molar-refractivity contribution in [1.82, 2.24) is 0 Å². The number of thiophene rings is 1. The van der Waals surface area contributed by atoms with E-state index in [4.69, 9.17) is 5.11 Å². The van der Waals surface area contributed by atoms with E-state index in [1.54, 1.807) is 11.3 Å². The number of nitrogens with one attached hydrogen (secondary N) is 1. The second-order valence-electron chi connectivity index (χ2n) is 3.72. The van der Waals surface area contributed by atoms with Crippen LogP contribution in [-0.4, -0.2) is 17.6 Å². The van der Waals surface area contributed by atoms with Gasteiger partial charge in [0.15, 0.2) is 0 Å². The van der Waals surface area contributed by atoms with Crippen LogP contribution in [-0.2, 0) is 6.42 Å². The minimum atomic E-state index is -1.13. The van der Waals surface area contributed by atoms with Crippen molar-refractivity contribution in [1.29, 1.82) is 0 Å². The van der Waals surface area contributed by atoms with Gasteiger partial charge < -0.3 is 10.4 Å². The quantitative estimate of drug-likeness (QED) is 0.872. The number of benzene rings is 1. The molecule has 18 heavy (non-hydrogen) atoms. The molecule has 94 valence electrons. The van der Waals surface area contributed by atoms with E-state index in [1.807, 2.05) is 17.5 Å². The van der Waals surface area contributed by atoms with Crippen LogP contribution in [0.15, 0.2) is 35.7 Å². The van der Waals surface area contributed by atoms with Gasteiger partial charge >= 0.3 is 5.97 Å². The molecule has 0 radical (unpaired) electrons. The Hall–Kier alpha value is -1.88. The number of hydrogen-bond donors (Lipinski definition) is 2. The summed E-state index contributed by atoms with van der Waals surface area (Å²) in [5, 5.41) is 13.8. The number of hydrogen-bond acceptors (Lipinski definition) is 3. The second kappa shape index (κ2) is 5.64. The molecule has 0 spiro atoms. The SMILES string of the molecule is O=C(O)c1cccc(F)c1NCCc1cccs1. The van der Waals surface area contributed by atoms with Crippen LogP contribution < -0.4 is 5.32 Å². The Morgan fingerprint density at radius 2 is 2.17 bits per heavy atom. The Morgan fingerprint density at radius 1 is 1.33 bits per heavy atom. The van der Waals surface area contributed by atoms with Crippen molar-refractivity contribution in [2.24, 2.45) is 0 Å². The van der Waals surface area contributed by atoms with Gasteiger partial charge in [0, 0.05) is 11.4 Å². The normalized spacial score (nSPS) is 10.3. The topological polar surface area (TPSA) is 49.3 Å². The molecule has 0 amide bonds. The van der Waals surface area contributed by atoms with E-state index >= 15 is 0 Å². The van der Waals surface area contributed by atoms with Crippen LogP contribution in [0.4, 0.5) is 10.1 Å². The molecule has 1 aromatic carbocycles. The predicted molar refractivity (Wildman–Crippen MR) is 69.9 cm³/mol. The van der Waals surface area contributed by atoms with E-state index in [2.05, 4.69) is 5.32 Å². The maximum atomic E-state index is 13.6. The third-order valence-corrected chi connectivity index (χ3v) is 3.43. The molecule has 0 saturated carbocycles. The maximum absolute atomic E-state index is 13.6. The van der Waals surface area contributed by atoms with Crippen molar-refractivity contribution in [3.8, 4) is 0 Å². The zero-order chi connectivity index (χ0) is 13.0. The fourth-order valence-corrected chi connectivity index (χ4v) is 2.36. The monoisotopic (exact) mass is 265 g/mol. The first-order chi connectivity index (χ1) is 8.68. The Balaban J connectivity index is 2.06. The number of halogens is 1. The van der Waals surface area contributed by atoms with Gasteiger partial charge in [0.2, 0.25) is 0 Å². The third kappa shape index (κ3) is 2.87. The summed E-state index contributed by atoms with van der Waals surface area (Å²) < 4.78 is 13.6. The Labute approximate surface area is 108 Å². The largest absolute Gasteiger partial charge is 0.478 e. The van der Waals surface area contributed by atoms with Gasteiger partial charge in [-0.05, 0) is 30.0 Å². The molecule has 1 heterocycles. The number of para-hydroxylation sites is 1. The van der Waals surface area contributed by atoms with Crippen LogP contribution in [0.25, 0.3) is 0 Å². The molecule has 0 fully saturated rings. The van der Waals surface area contributed by atoms with Crippen molar-refractivity contribution in [3.63, 3.8) is 0 Å². The van der Waals surface area contributed by atoms with Crippen LogP contribution in [0.5, 0.6) is 0 Å². The van der Waals surface area contributed by atoms with E-state index in [9.17, 15) is 9.18 Å². The average Bonchev–Trinajstić information content (AvgIpc) is 2.84. The number of carboxylic acids is 1. The van der Waals surface area contributed by atoms with Gasteiger partial charge in [0.05, 0.1) is 11.3 Å². The number of anilines is 1. The molecule has 2 N–H and O–H groups in total. The lowest BCUT2D eigenvalue weighted by Crippen LogP contribution is -2.10. The van der Waals surface area contributed by atoms with Gasteiger partial charge in [-0.3, -0.25) is 0 Å². The van der Waals surface area contributed by atoms with Gasteiger partial charge in [-0.25, -0.2) is 9.18 Å². The first kappa shape index (κ1) is 12.6. The molecule has 0 unspecified atom stereocenters. The van der Waals surface area contributed by atoms with Crippen molar-refractivity contribution in [2.75, 3.05) is 11.9 Å². The molecule has 1 aromatic heterocycles. The fraction of sp³-hybridized carbons (Fsp3) is 0.154. The molecule has 2 aromatic rings. The number of carboxylic acid groups (broad SMARTS) is 1. The molecular formula is C13H12FNO2S. The average molecular weight is 265 g/mol. The Morgan fingerprint density at radius 3 is 2.83 bits per heavy atom. The minimum Gasteiger partial charge on any atom is -0.478 e. The lowest BCUT2D eigenvalue weighted by molar-refractivity contribution is 0.0697. The van der Waals surface area contributed by atoms with Crippen molar-refractivity contribution >= 4 is 23.0 Å². The highest BCUT2D eigenvalue weighted by molar-refractivity contribution is 7.09. The Kier molecular flexibility index (Phi) is 3.94. The molecule has 0 bridgehead atoms. The van der Waals surface area contributed by atoms with Crippen molar-refractivity contribution in [3.05, 3.63) is 52.0 Å². The molecule has 0 atom stereocenters. The van der Waals surface area contributed by atoms with E-state index < -0.39 is 11.8 Å². The zero-order valence-corrected chi connectivity index (χ0v) is 10.3. The van der Waals surface area contributed by atoms with Crippen molar-refractivity contribution in [2.45, 2.75) is 6.42 Å². The molecule has 0 aliphatic rings. The van der Waals surface area contributed by atoms with Crippen molar-refractivity contribution < 1.29 is 14.3 Å². The smallest absolute Gasteiger partial charge is 0.337 e. The molecule has 5 heteroatoms. The Bertz CT molecular complexity index is 540. The lowest BCUT2D eigenvalue weighted by Gasteiger charge is -2.09. The van der Waals surface area contributed by atoms with E-state index in [0.717, 1.165) is 6.42 Å². The highest BCUT2D eigenvalue weighted by Gasteiger charge is 2.13. The van der Waals surface area contributed by atoms with Crippen LogP contribution in [0, 0.1) is 5.82 Å².